The van der Waals surface area contributed by atoms with E-state index in [2.05, 4.69) is 10.6 Å². The summed E-state index contributed by atoms with van der Waals surface area (Å²) < 4.78 is 5.53. The van der Waals surface area contributed by atoms with Gasteiger partial charge in [0.1, 0.15) is 12.3 Å². The first kappa shape index (κ1) is 18.4. The summed E-state index contributed by atoms with van der Waals surface area (Å²) in [6.07, 6.45) is -0.720. The normalized spacial score (nSPS) is 15.9. The number of benzene rings is 1. The molecule has 1 atom stereocenters. The van der Waals surface area contributed by atoms with E-state index in [1.807, 2.05) is 0 Å². The highest BCUT2D eigenvalue weighted by Crippen LogP contribution is 2.34. The van der Waals surface area contributed by atoms with Crippen LogP contribution in [0.15, 0.2) is 18.2 Å². The molecule has 2 N–H and O–H groups in total. The molecule has 2 rings (SSSR count). The summed E-state index contributed by atoms with van der Waals surface area (Å²) in [5.74, 6) is -0.606. The summed E-state index contributed by atoms with van der Waals surface area (Å²) in [7, 11) is 0. The third-order valence-electron chi connectivity index (χ3n) is 3.70. The van der Waals surface area contributed by atoms with Crippen molar-refractivity contribution in [2.75, 3.05) is 24.5 Å². The fourth-order valence-corrected chi connectivity index (χ4v) is 2.43. The zero-order valence-corrected chi connectivity index (χ0v) is 14.4. The summed E-state index contributed by atoms with van der Waals surface area (Å²) in [4.78, 5) is 48.2. The van der Waals surface area contributed by atoms with E-state index in [-0.39, 0.29) is 36.6 Å². The number of Topliss-reactive ketones (excluding diaryl/α,β-unsaturated/α-hetero) is 1. The van der Waals surface area contributed by atoms with E-state index in [4.69, 9.17) is 4.74 Å². The van der Waals surface area contributed by atoms with Crippen LogP contribution in [-0.4, -0.2) is 49.2 Å². The molecule has 1 aliphatic rings. The average Bonchev–Trinajstić information content (AvgIpc) is 2.55. The third kappa shape index (κ3) is 4.56. The van der Waals surface area contributed by atoms with Crippen LogP contribution in [-0.2, 0) is 14.4 Å². The number of carbonyl (C=O) groups excluding carboxylic acids is 4. The molecular weight excluding hydrogens is 326 g/mol. The summed E-state index contributed by atoms with van der Waals surface area (Å²) in [5, 5.41) is 5.20. The van der Waals surface area contributed by atoms with Crippen molar-refractivity contribution < 1.29 is 23.9 Å². The summed E-state index contributed by atoms with van der Waals surface area (Å²) in [6.45, 7) is 4.79. The maximum absolute atomic E-state index is 12.4. The topological polar surface area (TPSA) is 105 Å². The second-order valence-corrected chi connectivity index (χ2v) is 5.76. The van der Waals surface area contributed by atoms with E-state index in [0.29, 0.717) is 23.5 Å². The van der Waals surface area contributed by atoms with Crippen molar-refractivity contribution in [1.82, 2.24) is 10.6 Å². The quantitative estimate of drug-likeness (QED) is 0.567. The van der Waals surface area contributed by atoms with Gasteiger partial charge in [0.25, 0.3) is 5.91 Å². The molecule has 0 bridgehead atoms. The van der Waals surface area contributed by atoms with Crippen LogP contribution in [0.5, 0.6) is 5.75 Å². The Bertz CT molecular complexity index is 716. The summed E-state index contributed by atoms with van der Waals surface area (Å²) in [5.41, 5.74) is 0.827. The van der Waals surface area contributed by atoms with E-state index in [0.717, 1.165) is 0 Å². The maximum Gasteiger partial charge on any atom is 0.268 e. The minimum atomic E-state index is -0.720. The smallest absolute Gasteiger partial charge is 0.268 e. The van der Waals surface area contributed by atoms with Gasteiger partial charge in [0, 0.05) is 25.6 Å². The van der Waals surface area contributed by atoms with Crippen molar-refractivity contribution in [3.8, 4) is 5.75 Å². The molecule has 0 spiro atoms. The molecule has 8 heteroatoms. The number of hydrogen-bond acceptors (Lipinski definition) is 5. The number of rotatable bonds is 6. The van der Waals surface area contributed by atoms with Crippen molar-refractivity contribution in [2.24, 2.45) is 0 Å². The van der Waals surface area contributed by atoms with Gasteiger partial charge >= 0.3 is 0 Å². The second kappa shape index (κ2) is 7.78. The minimum absolute atomic E-state index is 0.145. The number of nitrogens with one attached hydrogen (secondary N) is 2. The third-order valence-corrected chi connectivity index (χ3v) is 3.70. The average molecular weight is 347 g/mol. The minimum Gasteiger partial charge on any atom is -0.479 e. The van der Waals surface area contributed by atoms with Crippen LogP contribution in [0.25, 0.3) is 0 Å². The molecule has 0 saturated carbocycles. The van der Waals surface area contributed by atoms with Crippen LogP contribution in [0.4, 0.5) is 5.69 Å². The molecule has 8 nitrogen and oxygen atoms in total. The lowest BCUT2D eigenvalue weighted by atomic mass is 10.1. The predicted molar refractivity (Wildman–Crippen MR) is 90.6 cm³/mol. The lowest BCUT2D eigenvalue weighted by molar-refractivity contribution is -0.128. The number of ether oxygens (including phenoxy) is 1. The molecule has 1 aliphatic heterocycles. The second-order valence-electron chi connectivity index (χ2n) is 5.76. The Morgan fingerprint density at radius 3 is 2.48 bits per heavy atom. The molecule has 1 heterocycles. The van der Waals surface area contributed by atoms with E-state index in [1.165, 1.54) is 18.7 Å². The molecule has 1 aromatic carbocycles. The highest BCUT2D eigenvalue weighted by atomic mass is 16.5. The molecular formula is C17H21N3O5. The van der Waals surface area contributed by atoms with Crippen molar-refractivity contribution in [3.05, 3.63) is 23.8 Å². The number of carbonyl (C=O) groups is 4. The first-order chi connectivity index (χ1) is 11.8. The van der Waals surface area contributed by atoms with Gasteiger partial charge in [-0.15, -0.1) is 0 Å². The zero-order chi connectivity index (χ0) is 18.6. The molecule has 134 valence electrons. The Balaban J connectivity index is 2.12. The Kier molecular flexibility index (Phi) is 5.74. The van der Waals surface area contributed by atoms with Crippen LogP contribution in [0, 0.1) is 0 Å². The number of fused-ring (bicyclic) bond motifs is 1. The Morgan fingerprint density at radius 2 is 1.84 bits per heavy atom. The van der Waals surface area contributed by atoms with Crippen LogP contribution in [0.2, 0.25) is 0 Å². The number of nitrogens with zero attached hydrogens (tertiary/aromatic N) is 1. The predicted octanol–water partition coefficient (Wildman–Crippen LogP) is 0.255. The number of amides is 3. The van der Waals surface area contributed by atoms with Gasteiger partial charge in [0.2, 0.25) is 11.8 Å². The fraction of sp³-hybridized carbons (Fsp3) is 0.412. The number of ketones is 1. The number of hydrogen-bond donors (Lipinski definition) is 2. The van der Waals surface area contributed by atoms with Gasteiger partial charge in [-0.25, -0.2) is 0 Å². The highest BCUT2D eigenvalue weighted by molar-refractivity contribution is 6.05. The van der Waals surface area contributed by atoms with Crippen molar-refractivity contribution in [2.45, 2.75) is 26.9 Å². The molecule has 1 aromatic rings. The van der Waals surface area contributed by atoms with Crippen molar-refractivity contribution >= 4 is 29.2 Å². The first-order valence-corrected chi connectivity index (χ1v) is 7.93. The fourth-order valence-electron chi connectivity index (χ4n) is 2.43. The van der Waals surface area contributed by atoms with Crippen LogP contribution in [0.3, 0.4) is 0 Å². The van der Waals surface area contributed by atoms with Crippen LogP contribution in [0.1, 0.15) is 31.1 Å². The number of anilines is 1. The maximum atomic E-state index is 12.4. The van der Waals surface area contributed by atoms with E-state index < -0.39 is 6.10 Å². The Hall–Kier alpha value is -2.90. The van der Waals surface area contributed by atoms with Gasteiger partial charge < -0.3 is 15.4 Å². The van der Waals surface area contributed by atoms with E-state index in [1.54, 1.807) is 25.1 Å². The zero-order valence-electron chi connectivity index (χ0n) is 14.4. The summed E-state index contributed by atoms with van der Waals surface area (Å²) in [6, 6.07) is 4.79. The Labute approximate surface area is 145 Å². The summed E-state index contributed by atoms with van der Waals surface area (Å²) >= 11 is 0. The van der Waals surface area contributed by atoms with Gasteiger partial charge in [-0.2, -0.15) is 0 Å². The molecule has 0 aliphatic carbocycles. The molecule has 0 fully saturated rings. The van der Waals surface area contributed by atoms with Gasteiger partial charge in [0.15, 0.2) is 11.9 Å². The monoisotopic (exact) mass is 347 g/mol. The highest BCUT2D eigenvalue weighted by Gasteiger charge is 2.33. The van der Waals surface area contributed by atoms with Gasteiger partial charge in [-0.3, -0.25) is 24.1 Å². The molecule has 25 heavy (non-hydrogen) atoms. The Morgan fingerprint density at radius 1 is 1.16 bits per heavy atom. The standard InChI is InChI=1S/C17H21N3O5/c1-10(21)13-4-5-15-14(8-13)20(17(24)11(2)25-15)9-16(23)19-7-6-18-12(3)22/h4-5,8,11H,6-7,9H2,1-3H3,(H,18,22)(H,19,23). The first-order valence-electron chi connectivity index (χ1n) is 7.93. The molecule has 0 radical (unpaired) electrons. The lowest BCUT2D eigenvalue weighted by Crippen LogP contribution is -2.49. The molecule has 3 amide bonds. The van der Waals surface area contributed by atoms with Crippen molar-refractivity contribution in [1.29, 1.82) is 0 Å². The largest absolute Gasteiger partial charge is 0.479 e. The van der Waals surface area contributed by atoms with Crippen LogP contribution >= 0.6 is 0 Å². The van der Waals surface area contributed by atoms with E-state index >= 15 is 0 Å². The SMILES string of the molecule is CC(=O)NCCNC(=O)CN1C(=O)C(C)Oc2ccc(C(C)=O)cc21. The van der Waals surface area contributed by atoms with Gasteiger partial charge in [-0.1, -0.05) is 0 Å². The lowest BCUT2D eigenvalue weighted by Gasteiger charge is -2.32. The van der Waals surface area contributed by atoms with Gasteiger partial charge in [0.05, 0.1) is 5.69 Å². The molecule has 0 saturated heterocycles. The van der Waals surface area contributed by atoms with Crippen molar-refractivity contribution in [3.63, 3.8) is 0 Å². The molecule has 0 aromatic heterocycles. The van der Waals surface area contributed by atoms with Crippen LogP contribution < -0.4 is 20.3 Å². The molecule has 1 unspecified atom stereocenters. The van der Waals surface area contributed by atoms with E-state index in [9.17, 15) is 19.2 Å². The van der Waals surface area contributed by atoms with Gasteiger partial charge in [-0.05, 0) is 32.0 Å².